The Morgan fingerprint density at radius 1 is 1.11 bits per heavy atom. The number of hydrogen-bond acceptors (Lipinski definition) is 5. The average Bonchev–Trinajstić information content (AvgIpc) is 3.21. The smallest absolute Gasteiger partial charge is 0.270 e. The van der Waals surface area contributed by atoms with Gasteiger partial charge in [-0.15, -0.1) is 0 Å². The third-order valence-corrected chi connectivity index (χ3v) is 5.44. The Labute approximate surface area is 158 Å². The maximum Gasteiger partial charge on any atom is 0.270 e. The minimum atomic E-state index is -0.466. The summed E-state index contributed by atoms with van der Waals surface area (Å²) in [4.78, 5) is 41.4. The molecule has 8 nitrogen and oxygen atoms in total. The van der Waals surface area contributed by atoms with E-state index in [1.54, 1.807) is 30.0 Å². The number of benzene rings is 1. The summed E-state index contributed by atoms with van der Waals surface area (Å²) in [5.41, 5.74) is 1.09. The molecular formula is C19H26N4O4. The molecule has 2 amide bonds. The van der Waals surface area contributed by atoms with Gasteiger partial charge < -0.3 is 14.7 Å². The van der Waals surface area contributed by atoms with Gasteiger partial charge in [-0.2, -0.15) is 0 Å². The monoisotopic (exact) mass is 374 g/mol. The van der Waals surface area contributed by atoms with Crippen molar-refractivity contribution in [3.63, 3.8) is 0 Å². The van der Waals surface area contributed by atoms with Crippen LogP contribution in [0.25, 0.3) is 0 Å². The molecule has 0 aliphatic carbocycles. The topological polar surface area (TPSA) is 87.0 Å². The van der Waals surface area contributed by atoms with E-state index in [1.165, 1.54) is 12.1 Å². The summed E-state index contributed by atoms with van der Waals surface area (Å²) in [6.45, 7) is 2.70. The SMILES string of the molecule is CN(C)C(=O)C1CCN(C(=O)c2cc([N+](=O)[O-])ccc2N2CCCC2)CC1. The predicted molar refractivity (Wildman–Crippen MR) is 102 cm³/mol. The number of hydrogen-bond donors (Lipinski definition) is 0. The molecule has 1 aromatic carbocycles. The first-order chi connectivity index (χ1) is 12.9. The van der Waals surface area contributed by atoms with Gasteiger partial charge in [0, 0.05) is 58.3 Å². The maximum atomic E-state index is 13.1. The Morgan fingerprint density at radius 3 is 2.30 bits per heavy atom. The fraction of sp³-hybridized carbons (Fsp3) is 0.579. The maximum absolute atomic E-state index is 13.1. The standard InChI is InChI=1S/C19H26N4O4/c1-20(2)18(24)14-7-11-22(12-8-14)19(25)16-13-15(23(26)27)5-6-17(16)21-9-3-4-10-21/h5-6,13-14H,3-4,7-12H2,1-2H3. The van der Waals surface area contributed by atoms with Crippen molar-refractivity contribution in [2.45, 2.75) is 25.7 Å². The van der Waals surface area contributed by atoms with Crippen LogP contribution in [0.5, 0.6) is 0 Å². The van der Waals surface area contributed by atoms with E-state index in [4.69, 9.17) is 0 Å². The van der Waals surface area contributed by atoms with E-state index < -0.39 is 4.92 Å². The molecule has 0 spiro atoms. The van der Waals surface area contributed by atoms with Crippen LogP contribution in [0.1, 0.15) is 36.0 Å². The highest BCUT2D eigenvalue weighted by molar-refractivity contribution is 6.00. The van der Waals surface area contributed by atoms with Crippen molar-refractivity contribution in [3.8, 4) is 0 Å². The molecule has 2 fully saturated rings. The largest absolute Gasteiger partial charge is 0.371 e. The third kappa shape index (κ3) is 4.04. The number of carbonyl (C=O) groups is 2. The molecule has 3 rings (SSSR count). The highest BCUT2D eigenvalue weighted by Crippen LogP contribution is 2.30. The van der Waals surface area contributed by atoms with Gasteiger partial charge in [-0.05, 0) is 31.7 Å². The summed E-state index contributed by atoms with van der Waals surface area (Å²) in [7, 11) is 3.48. The lowest BCUT2D eigenvalue weighted by Crippen LogP contribution is -2.43. The van der Waals surface area contributed by atoms with Gasteiger partial charge in [-0.1, -0.05) is 0 Å². The number of carbonyl (C=O) groups excluding carboxylic acids is 2. The molecule has 27 heavy (non-hydrogen) atoms. The lowest BCUT2D eigenvalue weighted by atomic mass is 9.95. The van der Waals surface area contributed by atoms with Gasteiger partial charge in [0.2, 0.25) is 5.91 Å². The summed E-state index contributed by atoms with van der Waals surface area (Å²) in [5.74, 6) is -0.154. The molecule has 146 valence electrons. The first kappa shape index (κ1) is 19.1. The van der Waals surface area contributed by atoms with E-state index in [-0.39, 0.29) is 23.4 Å². The van der Waals surface area contributed by atoms with Gasteiger partial charge in [-0.25, -0.2) is 0 Å². The Morgan fingerprint density at radius 2 is 1.74 bits per heavy atom. The minimum Gasteiger partial charge on any atom is -0.371 e. The van der Waals surface area contributed by atoms with Crippen molar-refractivity contribution in [3.05, 3.63) is 33.9 Å². The fourth-order valence-electron chi connectivity index (χ4n) is 3.91. The van der Waals surface area contributed by atoms with E-state index >= 15 is 0 Å². The van der Waals surface area contributed by atoms with Gasteiger partial charge in [0.1, 0.15) is 0 Å². The summed E-state index contributed by atoms with van der Waals surface area (Å²) in [6.07, 6.45) is 3.36. The Kier molecular flexibility index (Phi) is 5.62. The molecule has 0 aromatic heterocycles. The van der Waals surface area contributed by atoms with Crippen molar-refractivity contribution in [1.82, 2.24) is 9.80 Å². The van der Waals surface area contributed by atoms with E-state index in [1.807, 2.05) is 0 Å². The quantitative estimate of drug-likeness (QED) is 0.595. The van der Waals surface area contributed by atoms with Crippen LogP contribution >= 0.6 is 0 Å². The highest BCUT2D eigenvalue weighted by atomic mass is 16.6. The Hall–Kier alpha value is -2.64. The molecule has 0 atom stereocenters. The fourth-order valence-corrected chi connectivity index (χ4v) is 3.91. The molecule has 2 aliphatic rings. The first-order valence-electron chi connectivity index (χ1n) is 9.42. The zero-order valence-corrected chi connectivity index (χ0v) is 15.9. The zero-order chi connectivity index (χ0) is 19.6. The predicted octanol–water partition coefficient (Wildman–Crippen LogP) is 2.14. The molecule has 0 bridgehead atoms. The third-order valence-electron chi connectivity index (χ3n) is 5.44. The molecule has 0 unspecified atom stereocenters. The molecule has 2 saturated heterocycles. The second-order valence-electron chi connectivity index (χ2n) is 7.45. The van der Waals surface area contributed by atoms with Crippen molar-refractivity contribution in [2.24, 2.45) is 5.92 Å². The first-order valence-corrected chi connectivity index (χ1v) is 9.42. The van der Waals surface area contributed by atoms with Crippen LogP contribution in [0.15, 0.2) is 18.2 Å². The minimum absolute atomic E-state index is 0.0628. The van der Waals surface area contributed by atoms with Crippen molar-refractivity contribution >= 4 is 23.2 Å². The molecule has 0 N–H and O–H groups in total. The second kappa shape index (κ2) is 7.94. The Bertz CT molecular complexity index is 735. The van der Waals surface area contributed by atoms with Gasteiger partial charge in [0.05, 0.1) is 16.2 Å². The summed E-state index contributed by atoms with van der Waals surface area (Å²) in [5, 5.41) is 11.2. The average molecular weight is 374 g/mol. The van der Waals surface area contributed by atoms with Crippen LogP contribution in [0.3, 0.4) is 0 Å². The van der Waals surface area contributed by atoms with E-state index in [9.17, 15) is 19.7 Å². The van der Waals surface area contributed by atoms with Gasteiger partial charge in [-0.3, -0.25) is 19.7 Å². The van der Waals surface area contributed by atoms with Crippen molar-refractivity contribution in [2.75, 3.05) is 45.2 Å². The lowest BCUT2D eigenvalue weighted by Gasteiger charge is -2.33. The van der Waals surface area contributed by atoms with Crippen LogP contribution in [0, 0.1) is 16.0 Å². The van der Waals surface area contributed by atoms with Crippen molar-refractivity contribution < 1.29 is 14.5 Å². The number of non-ortho nitro benzene ring substituents is 1. The number of rotatable bonds is 4. The number of nitro benzene ring substituents is 1. The van der Waals surface area contributed by atoms with Crippen LogP contribution < -0.4 is 4.90 Å². The highest BCUT2D eigenvalue weighted by Gasteiger charge is 2.31. The van der Waals surface area contributed by atoms with Gasteiger partial charge in [0.25, 0.3) is 11.6 Å². The Balaban J connectivity index is 1.80. The second-order valence-corrected chi connectivity index (χ2v) is 7.45. The van der Waals surface area contributed by atoms with E-state index in [0.29, 0.717) is 31.5 Å². The molecule has 0 radical (unpaired) electrons. The summed E-state index contributed by atoms with van der Waals surface area (Å²) in [6, 6.07) is 4.55. The summed E-state index contributed by atoms with van der Waals surface area (Å²) >= 11 is 0. The van der Waals surface area contributed by atoms with Crippen molar-refractivity contribution in [1.29, 1.82) is 0 Å². The number of nitro groups is 1. The van der Waals surface area contributed by atoms with Crippen LogP contribution in [-0.4, -0.2) is 66.8 Å². The van der Waals surface area contributed by atoms with E-state index in [0.717, 1.165) is 31.6 Å². The molecular weight excluding hydrogens is 348 g/mol. The van der Waals surface area contributed by atoms with E-state index in [2.05, 4.69) is 4.90 Å². The van der Waals surface area contributed by atoms with Crippen LogP contribution in [0.4, 0.5) is 11.4 Å². The number of amides is 2. The molecule has 0 saturated carbocycles. The zero-order valence-electron chi connectivity index (χ0n) is 15.9. The number of likely N-dealkylation sites (tertiary alicyclic amines) is 1. The number of anilines is 1. The van der Waals surface area contributed by atoms with Crippen LogP contribution in [0.2, 0.25) is 0 Å². The number of nitrogens with zero attached hydrogens (tertiary/aromatic N) is 4. The lowest BCUT2D eigenvalue weighted by molar-refractivity contribution is -0.384. The number of piperidine rings is 1. The van der Waals surface area contributed by atoms with Gasteiger partial charge >= 0.3 is 0 Å². The normalized spacial score (nSPS) is 17.9. The summed E-state index contributed by atoms with van der Waals surface area (Å²) < 4.78 is 0. The van der Waals surface area contributed by atoms with Gasteiger partial charge in [0.15, 0.2) is 0 Å². The molecule has 2 aliphatic heterocycles. The molecule has 1 aromatic rings. The van der Waals surface area contributed by atoms with Crippen LogP contribution in [-0.2, 0) is 4.79 Å². The molecule has 8 heteroatoms. The molecule has 2 heterocycles.